The van der Waals surface area contributed by atoms with Crippen LogP contribution >= 0.6 is 0 Å². The van der Waals surface area contributed by atoms with Crippen molar-refractivity contribution in [1.29, 1.82) is 0 Å². The lowest BCUT2D eigenvalue weighted by Crippen LogP contribution is -2.54. The molecule has 0 bridgehead atoms. The van der Waals surface area contributed by atoms with Gasteiger partial charge in [0, 0.05) is 13.0 Å². The lowest BCUT2D eigenvalue weighted by molar-refractivity contribution is -0.154. The van der Waals surface area contributed by atoms with Gasteiger partial charge in [-0.15, -0.1) is 0 Å². The lowest BCUT2D eigenvalue weighted by Gasteiger charge is -2.39. The van der Waals surface area contributed by atoms with Gasteiger partial charge in [0.1, 0.15) is 13.2 Å². The zero-order valence-electron chi connectivity index (χ0n) is 19.7. The van der Waals surface area contributed by atoms with Gasteiger partial charge in [0.15, 0.2) is 14.8 Å². The molecule has 7 nitrogen and oxygen atoms in total. The van der Waals surface area contributed by atoms with Gasteiger partial charge < -0.3 is 18.6 Å². The predicted octanol–water partition coefficient (Wildman–Crippen LogP) is 3.97. The Labute approximate surface area is 187 Å². The molecule has 174 valence electrons. The summed E-state index contributed by atoms with van der Waals surface area (Å²) in [6.07, 6.45) is 0.204. The van der Waals surface area contributed by atoms with E-state index < -0.39 is 26.8 Å². The molecule has 1 fully saturated rings. The Morgan fingerprint density at radius 2 is 1.84 bits per heavy atom. The summed E-state index contributed by atoms with van der Waals surface area (Å²) in [6, 6.07) is 9.59. The third kappa shape index (κ3) is 7.33. The third-order valence-corrected chi connectivity index (χ3v) is 6.33. The maximum Gasteiger partial charge on any atom is 0.412 e. The van der Waals surface area contributed by atoms with E-state index in [9.17, 15) is 9.59 Å². The highest BCUT2D eigenvalue weighted by atomic mass is 28.3. The summed E-state index contributed by atoms with van der Waals surface area (Å²) in [5.41, 5.74) is -0.0489. The van der Waals surface area contributed by atoms with E-state index in [0.717, 1.165) is 5.56 Å². The minimum absolute atomic E-state index is 0.0251. The first-order chi connectivity index (χ1) is 14.6. The van der Waals surface area contributed by atoms with E-state index >= 15 is 0 Å². The highest BCUT2D eigenvalue weighted by molar-refractivity contribution is 6.48. The smallest absolute Gasteiger partial charge is 0.412 e. The van der Waals surface area contributed by atoms with Crippen LogP contribution in [0.4, 0.5) is 4.79 Å². The minimum atomic E-state index is -1.56. The molecular weight excluding hydrogens is 414 g/mol. The zero-order chi connectivity index (χ0) is 23.1. The first-order valence-corrected chi connectivity index (χ1v) is 13.7. The van der Waals surface area contributed by atoms with Gasteiger partial charge in [0.05, 0.1) is 13.2 Å². The van der Waals surface area contributed by atoms with Crippen molar-refractivity contribution >= 4 is 21.1 Å². The fourth-order valence-electron chi connectivity index (χ4n) is 3.78. The predicted molar refractivity (Wildman–Crippen MR) is 121 cm³/mol. The molecule has 1 amide bonds. The van der Waals surface area contributed by atoms with Gasteiger partial charge in [-0.2, -0.15) is 0 Å². The summed E-state index contributed by atoms with van der Waals surface area (Å²) in [7, 11) is -1.56. The standard InChI is InChI=1S/C23H37NO6Si/c1-7-28-20(25)16-27-17-23(30-31(5)6)13-19(22(2,3)4)14-24(23)21(26)29-15-18-11-9-8-10-12-18/h8-12,19,31H,7,13-17H2,1-6H3/t19-,23-/m0/s1. The maximum atomic E-state index is 13.2. The van der Waals surface area contributed by atoms with Gasteiger partial charge in [-0.25, -0.2) is 9.59 Å². The molecule has 1 heterocycles. The van der Waals surface area contributed by atoms with Crippen LogP contribution in [0.3, 0.4) is 0 Å². The third-order valence-electron chi connectivity index (χ3n) is 5.42. The molecular formula is C23H37NO6Si. The van der Waals surface area contributed by atoms with Crippen LogP contribution in [0.5, 0.6) is 0 Å². The fourth-order valence-corrected chi connectivity index (χ4v) is 4.95. The molecule has 0 unspecified atom stereocenters. The molecule has 0 saturated carbocycles. The molecule has 0 N–H and O–H groups in total. The van der Waals surface area contributed by atoms with E-state index in [2.05, 4.69) is 33.9 Å². The van der Waals surface area contributed by atoms with E-state index in [4.69, 9.17) is 18.6 Å². The number of amides is 1. The molecule has 1 aliphatic rings. The van der Waals surface area contributed by atoms with E-state index in [1.807, 2.05) is 30.3 Å². The molecule has 1 aliphatic heterocycles. The summed E-state index contributed by atoms with van der Waals surface area (Å²) in [5, 5.41) is 0. The fraction of sp³-hybridized carbons (Fsp3) is 0.652. The largest absolute Gasteiger partial charge is 0.464 e. The summed E-state index contributed by atoms with van der Waals surface area (Å²) >= 11 is 0. The van der Waals surface area contributed by atoms with Crippen molar-refractivity contribution in [2.24, 2.45) is 11.3 Å². The number of esters is 1. The average molecular weight is 452 g/mol. The van der Waals surface area contributed by atoms with Crippen molar-refractivity contribution in [3.8, 4) is 0 Å². The number of carbonyl (C=O) groups excluding carboxylic acids is 2. The Morgan fingerprint density at radius 3 is 2.42 bits per heavy atom. The van der Waals surface area contributed by atoms with E-state index in [0.29, 0.717) is 19.6 Å². The Bertz CT molecular complexity index is 721. The Balaban J connectivity index is 2.20. The Morgan fingerprint density at radius 1 is 1.16 bits per heavy atom. The molecule has 8 heteroatoms. The van der Waals surface area contributed by atoms with Crippen LogP contribution in [0, 0.1) is 11.3 Å². The highest BCUT2D eigenvalue weighted by Crippen LogP contribution is 2.43. The summed E-state index contributed by atoms with van der Waals surface area (Å²) in [6.45, 7) is 13.3. The Kier molecular flexibility index (Phi) is 9.09. The molecule has 0 aromatic heterocycles. The molecule has 1 saturated heterocycles. The van der Waals surface area contributed by atoms with Crippen molar-refractivity contribution in [2.75, 3.05) is 26.4 Å². The molecule has 2 atom stereocenters. The van der Waals surface area contributed by atoms with Gasteiger partial charge in [0.25, 0.3) is 0 Å². The van der Waals surface area contributed by atoms with Crippen LogP contribution in [-0.4, -0.2) is 58.1 Å². The molecule has 1 aromatic carbocycles. The van der Waals surface area contributed by atoms with Crippen LogP contribution in [-0.2, 0) is 30.0 Å². The maximum absolute atomic E-state index is 13.2. The topological polar surface area (TPSA) is 74.3 Å². The van der Waals surface area contributed by atoms with Crippen LogP contribution in [0.2, 0.25) is 13.1 Å². The van der Waals surface area contributed by atoms with E-state index in [1.165, 1.54) is 0 Å². The number of ether oxygens (including phenoxy) is 3. The number of nitrogens with zero attached hydrogens (tertiary/aromatic N) is 1. The number of hydrogen-bond acceptors (Lipinski definition) is 6. The van der Waals surface area contributed by atoms with Gasteiger partial charge in [-0.1, -0.05) is 51.1 Å². The normalized spacial score (nSPS) is 21.4. The number of benzene rings is 1. The molecule has 2 rings (SSSR count). The van der Waals surface area contributed by atoms with Gasteiger partial charge in [-0.05, 0) is 36.9 Å². The van der Waals surface area contributed by atoms with Crippen LogP contribution < -0.4 is 0 Å². The number of rotatable bonds is 9. The van der Waals surface area contributed by atoms with Crippen LogP contribution in [0.15, 0.2) is 30.3 Å². The van der Waals surface area contributed by atoms with Crippen molar-refractivity contribution in [3.63, 3.8) is 0 Å². The van der Waals surface area contributed by atoms with Crippen molar-refractivity contribution < 1.29 is 28.2 Å². The second kappa shape index (κ2) is 11.1. The van der Waals surface area contributed by atoms with Gasteiger partial charge in [0.2, 0.25) is 0 Å². The summed E-state index contributed by atoms with van der Waals surface area (Å²) in [4.78, 5) is 26.6. The van der Waals surface area contributed by atoms with Crippen LogP contribution in [0.25, 0.3) is 0 Å². The Hall–Kier alpha value is -1.90. The molecule has 1 aromatic rings. The SMILES string of the molecule is CCOC(=O)COC[C@@]1(O[SiH](C)C)C[C@H](C(C)(C)C)CN1C(=O)OCc1ccccc1. The van der Waals surface area contributed by atoms with E-state index in [1.54, 1.807) is 11.8 Å². The van der Waals surface area contributed by atoms with Gasteiger partial charge >= 0.3 is 12.1 Å². The number of likely N-dealkylation sites (tertiary alicyclic amines) is 1. The number of carbonyl (C=O) groups is 2. The average Bonchev–Trinajstić information content (AvgIpc) is 3.06. The second-order valence-electron chi connectivity index (χ2n) is 9.33. The van der Waals surface area contributed by atoms with E-state index in [-0.39, 0.29) is 31.2 Å². The summed E-state index contributed by atoms with van der Waals surface area (Å²) in [5.74, 6) is -0.223. The summed E-state index contributed by atoms with van der Waals surface area (Å²) < 4.78 is 22.8. The van der Waals surface area contributed by atoms with Crippen molar-refractivity contribution in [2.45, 2.75) is 59.5 Å². The first kappa shape index (κ1) is 25.4. The molecule has 0 radical (unpaired) electrons. The molecule has 31 heavy (non-hydrogen) atoms. The monoisotopic (exact) mass is 451 g/mol. The molecule has 0 spiro atoms. The molecule has 0 aliphatic carbocycles. The first-order valence-electron chi connectivity index (χ1n) is 11.0. The highest BCUT2D eigenvalue weighted by Gasteiger charge is 2.53. The zero-order valence-corrected chi connectivity index (χ0v) is 20.8. The minimum Gasteiger partial charge on any atom is -0.464 e. The number of hydrogen-bond donors (Lipinski definition) is 0. The van der Waals surface area contributed by atoms with Crippen molar-refractivity contribution in [3.05, 3.63) is 35.9 Å². The van der Waals surface area contributed by atoms with Crippen LogP contribution in [0.1, 0.15) is 39.7 Å². The van der Waals surface area contributed by atoms with Gasteiger partial charge in [-0.3, -0.25) is 4.90 Å². The second-order valence-corrected chi connectivity index (χ2v) is 11.7. The van der Waals surface area contributed by atoms with Crippen molar-refractivity contribution in [1.82, 2.24) is 4.90 Å². The lowest BCUT2D eigenvalue weighted by atomic mass is 9.79. The quantitative estimate of drug-likeness (QED) is 0.418.